The zero-order valence-electron chi connectivity index (χ0n) is 9.50. The molecule has 2 heterocycles. The van der Waals surface area contributed by atoms with Gasteiger partial charge in [-0.15, -0.1) is 0 Å². The molecule has 0 radical (unpaired) electrons. The summed E-state index contributed by atoms with van der Waals surface area (Å²) in [5, 5.41) is 3.38. The van der Waals surface area contributed by atoms with E-state index < -0.39 is 15.6 Å². The van der Waals surface area contributed by atoms with Crippen molar-refractivity contribution in [3.8, 4) is 0 Å². The van der Waals surface area contributed by atoms with E-state index in [-0.39, 0.29) is 11.5 Å². The summed E-state index contributed by atoms with van der Waals surface area (Å²) in [7, 11) is -2.88. The summed E-state index contributed by atoms with van der Waals surface area (Å²) in [6, 6.07) is 0. The van der Waals surface area contributed by atoms with E-state index in [4.69, 9.17) is 4.74 Å². The lowest BCUT2D eigenvalue weighted by Gasteiger charge is -2.43. The van der Waals surface area contributed by atoms with Gasteiger partial charge in [-0.1, -0.05) is 12.8 Å². The second-order valence-corrected chi connectivity index (χ2v) is 7.87. The fraction of sp³-hybridized carbons (Fsp3) is 1.00. The Balaban J connectivity index is 1.71. The summed E-state index contributed by atoms with van der Waals surface area (Å²) in [5.41, 5.74) is -0.246. The van der Waals surface area contributed by atoms with E-state index in [2.05, 4.69) is 5.32 Å². The molecular weight excluding hydrogens is 226 g/mol. The molecule has 3 fully saturated rings. The SMILES string of the molecule is O=S1(=O)CCC2(C1)NCC1(CCCC1)CO2. The molecule has 0 aromatic carbocycles. The highest BCUT2D eigenvalue weighted by Crippen LogP contribution is 2.42. The predicted octanol–water partition coefficient (Wildman–Crippen LogP) is 0.681. The van der Waals surface area contributed by atoms with Crippen LogP contribution in [0.15, 0.2) is 0 Å². The third kappa shape index (κ3) is 1.79. The van der Waals surface area contributed by atoms with E-state index in [1.165, 1.54) is 25.7 Å². The molecule has 4 nitrogen and oxygen atoms in total. The van der Waals surface area contributed by atoms with Crippen LogP contribution in [0.25, 0.3) is 0 Å². The van der Waals surface area contributed by atoms with Crippen LogP contribution in [0, 0.1) is 5.41 Å². The van der Waals surface area contributed by atoms with E-state index in [9.17, 15) is 8.42 Å². The summed E-state index contributed by atoms with van der Waals surface area (Å²) in [6.07, 6.45) is 5.64. The van der Waals surface area contributed by atoms with Gasteiger partial charge in [-0.25, -0.2) is 8.42 Å². The van der Waals surface area contributed by atoms with Crippen LogP contribution in [0.1, 0.15) is 32.1 Å². The minimum atomic E-state index is -2.88. The smallest absolute Gasteiger partial charge is 0.154 e. The summed E-state index contributed by atoms with van der Waals surface area (Å²) < 4.78 is 28.9. The molecule has 2 spiro atoms. The first-order chi connectivity index (χ1) is 7.54. The van der Waals surface area contributed by atoms with Gasteiger partial charge in [-0.2, -0.15) is 0 Å². The first-order valence-electron chi connectivity index (χ1n) is 6.13. The minimum Gasteiger partial charge on any atom is -0.359 e. The maximum Gasteiger partial charge on any atom is 0.154 e. The standard InChI is InChI=1S/C11H19NO3S/c13-16(14)6-5-11(9-16)12-7-10(8-15-11)3-1-2-4-10/h12H,1-9H2. The van der Waals surface area contributed by atoms with Crippen molar-refractivity contribution < 1.29 is 13.2 Å². The monoisotopic (exact) mass is 245 g/mol. The Kier molecular flexibility index (Phi) is 2.36. The molecule has 92 valence electrons. The topological polar surface area (TPSA) is 55.4 Å². The molecule has 3 rings (SSSR count). The van der Waals surface area contributed by atoms with Crippen molar-refractivity contribution in [2.45, 2.75) is 37.8 Å². The molecule has 0 aromatic heterocycles. The number of hydrogen-bond acceptors (Lipinski definition) is 4. The van der Waals surface area contributed by atoms with E-state index in [0.717, 1.165) is 13.2 Å². The van der Waals surface area contributed by atoms with Crippen molar-refractivity contribution in [2.75, 3.05) is 24.7 Å². The molecule has 16 heavy (non-hydrogen) atoms. The molecule has 5 heteroatoms. The molecule has 1 saturated carbocycles. The zero-order valence-corrected chi connectivity index (χ0v) is 10.3. The second-order valence-electron chi connectivity index (χ2n) is 5.69. The van der Waals surface area contributed by atoms with Crippen LogP contribution in [-0.4, -0.2) is 38.8 Å². The van der Waals surface area contributed by atoms with E-state index >= 15 is 0 Å². The van der Waals surface area contributed by atoms with Crippen molar-refractivity contribution >= 4 is 9.84 Å². The molecule has 2 aliphatic heterocycles. The Morgan fingerprint density at radius 3 is 2.38 bits per heavy atom. The highest BCUT2D eigenvalue weighted by molar-refractivity contribution is 7.91. The lowest BCUT2D eigenvalue weighted by atomic mass is 9.85. The normalized spacial score (nSPS) is 40.8. The highest BCUT2D eigenvalue weighted by atomic mass is 32.2. The Bertz CT molecular complexity index is 374. The van der Waals surface area contributed by atoms with Crippen LogP contribution >= 0.6 is 0 Å². The third-order valence-corrected chi connectivity index (χ3v) is 6.11. The molecule has 0 aromatic rings. The van der Waals surface area contributed by atoms with Crippen LogP contribution in [0.2, 0.25) is 0 Å². The van der Waals surface area contributed by atoms with Gasteiger partial charge in [0.25, 0.3) is 0 Å². The maximum atomic E-state index is 11.5. The van der Waals surface area contributed by atoms with Gasteiger partial charge in [-0.3, -0.25) is 5.32 Å². The van der Waals surface area contributed by atoms with E-state index in [1.54, 1.807) is 0 Å². The molecule has 0 bridgehead atoms. The lowest BCUT2D eigenvalue weighted by Crippen LogP contribution is -2.59. The number of ether oxygens (including phenoxy) is 1. The van der Waals surface area contributed by atoms with Crippen molar-refractivity contribution in [3.63, 3.8) is 0 Å². The molecule has 1 N–H and O–H groups in total. The molecule has 1 aliphatic carbocycles. The van der Waals surface area contributed by atoms with Crippen LogP contribution < -0.4 is 5.32 Å². The number of hydrogen-bond donors (Lipinski definition) is 1. The molecule has 1 atom stereocenters. The quantitative estimate of drug-likeness (QED) is 0.682. The molecule has 3 aliphatic rings. The van der Waals surface area contributed by atoms with Gasteiger partial charge in [0.1, 0.15) is 5.72 Å². The first-order valence-corrected chi connectivity index (χ1v) is 7.95. The molecular formula is C11H19NO3S. The summed E-state index contributed by atoms with van der Waals surface area (Å²) in [6.45, 7) is 1.68. The summed E-state index contributed by atoms with van der Waals surface area (Å²) in [4.78, 5) is 0. The number of rotatable bonds is 0. The van der Waals surface area contributed by atoms with Crippen molar-refractivity contribution in [1.29, 1.82) is 0 Å². The molecule has 0 amide bonds. The predicted molar refractivity (Wildman–Crippen MR) is 60.9 cm³/mol. The van der Waals surface area contributed by atoms with Gasteiger partial charge >= 0.3 is 0 Å². The zero-order chi connectivity index (χ0) is 11.3. The fourth-order valence-electron chi connectivity index (χ4n) is 3.26. The first kappa shape index (κ1) is 11.0. The average Bonchev–Trinajstić information content (AvgIpc) is 2.79. The van der Waals surface area contributed by atoms with Gasteiger partial charge in [0.15, 0.2) is 9.84 Å². The highest BCUT2D eigenvalue weighted by Gasteiger charge is 2.49. The van der Waals surface area contributed by atoms with Gasteiger partial charge in [0, 0.05) is 18.4 Å². The summed E-state index contributed by atoms with van der Waals surface area (Å²) >= 11 is 0. The van der Waals surface area contributed by atoms with Crippen molar-refractivity contribution in [1.82, 2.24) is 5.32 Å². The van der Waals surface area contributed by atoms with E-state index in [1.807, 2.05) is 0 Å². The maximum absolute atomic E-state index is 11.5. The van der Waals surface area contributed by atoms with Crippen LogP contribution in [0.3, 0.4) is 0 Å². The van der Waals surface area contributed by atoms with Crippen LogP contribution in [0.4, 0.5) is 0 Å². The molecule has 1 unspecified atom stereocenters. The minimum absolute atomic E-state index is 0.163. The number of sulfone groups is 1. The second kappa shape index (κ2) is 3.43. The van der Waals surface area contributed by atoms with Gasteiger partial charge in [0.2, 0.25) is 0 Å². The third-order valence-electron chi connectivity index (χ3n) is 4.37. The Morgan fingerprint density at radius 1 is 1.12 bits per heavy atom. The lowest BCUT2D eigenvalue weighted by molar-refractivity contribution is -0.128. The van der Waals surface area contributed by atoms with Crippen LogP contribution in [-0.2, 0) is 14.6 Å². The van der Waals surface area contributed by atoms with Gasteiger partial charge < -0.3 is 4.74 Å². The summed E-state index contributed by atoms with van der Waals surface area (Å²) in [5.74, 6) is 0.434. The van der Waals surface area contributed by atoms with E-state index in [0.29, 0.717) is 11.8 Å². The van der Waals surface area contributed by atoms with Crippen LogP contribution in [0.5, 0.6) is 0 Å². The average molecular weight is 245 g/mol. The Morgan fingerprint density at radius 2 is 1.88 bits per heavy atom. The molecule has 2 saturated heterocycles. The Labute approximate surface area is 96.7 Å². The fourth-order valence-corrected chi connectivity index (χ4v) is 5.09. The van der Waals surface area contributed by atoms with Crippen molar-refractivity contribution in [2.24, 2.45) is 5.41 Å². The van der Waals surface area contributed by atoms with Gasteiger partial charge in [0.05, 0.1) is 18.1 Å². The largest absolute Gasteiger partial charge is 0.359 e. The Hall–Kier alpha value is -0.130. The number of nitrogens with one attached hydrogen (secondary N) is 1. The van der Waals surface area contributed by atoms with Gasteiger partial charge in [-0.05, 0) is 12.8 Å². The van der Waals surface area contributed by atoms with Crippen molar-refractivity contribution in [3.05, 3.63) is 0 Å².